The van der Waals surface area contributed by atoms with E-state index in [-0.39, 0.29) is 11.9 Å². The van der Waals surface area contributed by atoms with Crippen molar-refractivity contribution in [3.63, 3.8) is 0 Å². The molecule has 1 atom stereocenters. The van der Waals surface area contributed by atoms with Crippen LogP contribution in [0.4, 0.5) is 4.39 Å². The number of hydrogen-bond acceptors (Lipinski definition) is 2. The van der Waals surface area contributed by atoms with E-state index in [2.05, 4.69) is 21.2 Å². The molecule has 4 heteroatoms. The van der Waals surface area contributed by atoms with Crippen LogP contribution in [-0.2, 0) is 6.54 Å². The number of ether oxygens (including phenoxy) is 1. The summed E-state index contributed by atoms with van der Waals surface area (Å²) in [5, 5.41) is 3.31. The molecule has 0 aliphatic rings. The van der Waals surface area contributed by atoms with Crippen molar-refractivity contribution < 1.29 is 9.13 Å². The predicted octanol–water partition coefficient (Wildman–Crippen LogP) is 4.45. The topological polar surface area (TPSA) is 21.3 Å². The monoisotopic (exact) mass is 337 g/mol. The molecule has 0 aromatic heterocycles. The second-order valence-corrected chi connectivity index (χ2v) is 5.50. The summed E-state index contributed by atoms with van der Waals surface area (Å²) in [6.45, 7) is 2.60. The number of benzene rings is 2. The zero-order chi connectivity index (χ0) is 14.5. The van der Waals surface area contributed by atoms with E-state index in [0.29, 0.717) is 17.9 Å². The van der Waals surface area contributed by atoms with E-state index in [1.165, 1.54) is 6.07 Å². The average molecular weight is 338 g/mol. The van der Waals surface area contributed by atoms with Crippen LogP contribution in [0.5, 0.6) is 5.75 Å². The molecule has 0 saturated carbocycles. The zero-order valence-electron chi connectivity index (χ0n) is 11.5. The first-order valence-corrected chi connectivity index (χ1v) is 7.21. The van der Waals surface area contributed by atoms with Gasteiger partial charge in [0.05, 0.1) is 7.11 Å². The molecule has 1 N–H and O–H groups in total. The molecule has 2 rings (SSSR count). The van der Waals surface area contributed by atoms with Crippen molar-refractivity contribution in [2.24, 2.45) is 0 Å². The first kappa shape index (κ1) is 15.0. The molecule has 0 aliphatic heterocycles. The van der Waals surface area contributed by atoms with Gasteiger partial charge in [-0.15, -0.1) is 0 Å². The molecule has 0 fully saturated rings. The summed E-state index contributed by atoms with van der Waals surface area (Å²) in [5.41, 5.74) is 1.71. The van der Waals surface area contributed by atoms with Gasteiger partial charge in [-0.3, -0.25) is 0 Å². The Bertz CT molecular complexity index is 571. The first-order valence-electron chi connectivity index (χ1n) is 6.42. The van der Waals surface area contributed by atoms with Gasteiger partial charge in [-0.25, -0.2) is 4.39 Å². The van der Waals surface area contributed by atoms with Crippen molar-refractivity contribution in [3.8, 4) is 5.75 Å². The van der Waals surface area contributed by atoms with Gasteiger partial charge in [0, 0.05) is 22.6 Å². The summed E-state index contributed by atoms with van der Waals surface area (Å²) < 4.78 is 20.2. The summed E-state index contributed by atoms with van der Waals surface area (Å²) in [4.78, 5) is 0. The lowest BCUT2D eigenvalue weighted by Crippen LogP contribution is -2.19. The number of halogens is 2. The maximum Gasteiger partial charge on any atom is 0.131 e. The third-order valence-corrected chi connectivity index (χ3v) is 3.72. The zero-order valence-corrected chi connectivity index (χ0v) is 13.1. The van der Waals surface area contributed by atoms with Crippen LogP contribution in [0, 0.1) is 5.82 Å². The standard InChI is InChI=1S/C16H17BrFNO/c1-11(16-14(18)4-3-5-15(16)20-2)19-10-12-6-8-13(17)9-7-12/h3-9,11,19H,10H2,1-2H3. The molecule has 0 radical (unpaired) electrons. The minimum atomic E-state index is -0.250. The van der Waals surface area contributed by atoms with E-state index in [0.717, 1.165) is 10.0 Å². The molecule has 0 spiro atoms. The van der Waals surface area contributed by atoms with E-state index in [1.807, 2.05) is 31.2 Å². The van der Waals surface area contributed by atoms with Gasteiger partial charge in [0.1, 0.15) is 11.6 Å². The van der Waals surface area contributed by atoms with Crippen molar-refractivity contribution >= 4 is 15.9 Å². The Morgan fingerprint density at radius 2 is 1.90 bits per heavy atom. The fraction of sp³-hybridized carbons (Fsp3) is 0.250. The second-order valence-electron chi connectivity index (χ2n) is 4.58. The Morgan fingerprint density at radius 3 is 2.55 bits per heavy atom. The summed E-state index contributed by atoms with van der Waals surface area (Å²) >= 11 is 3.40. The van der Waals surface area contributed by atoms with Crippen molar-refractivity contribution in [1.29, 1.82) is 0 Å². The fourth-order valence-electron chi connectivity index (χ4n) is 2.09. The number of hydrogen-bond donors (Lipinski definition) is 1. The van der Waals surface area contributed by atoms with Gasteiger partial charge in [-0.1, -0.05) is 34.1 Å². The molecule has 2 aromatic rings. The normalized spacial score (nSPS) is 12.2. The summed E-state index contributed by atoms with van der Waals surface area (Å²) in [7, 11) is 1.56. The van der Waals surface area contributed by atoms with E-state index in [9.17, 15) is 4.39 Å². The minimum Gasteiger partial charge on any atom is -0.496 e. The predicted molar refractivity (Wildman–Crippen MR) is 82.3 cm³/mol. The Morgan fingerprint density at radius 1 is 1.20 bits per heavy atom. The smallest absolute Gasteiger partial charge is 0.131 e. The highest BCUT2D eigenvalue weighted by molar-refractivity contribution is 9.10. The van der Waals surface area contributed by atoms with E-state index in [1.54, 1.807) is 19.2 Å². The fourth-order valence-corrected chi connectivity index (χ4v) is 2.36. The molecular formula is C16H17BrFNO. The molecule has 20 heavy (non-hydrogen) atoms. The van der Waals surface area contributed by atoms with Gasteiger partial charge >= 0.3 is 0 Å². The highest BCUT2D eigenvalue weighted by Gasteiger charge is 2.15. The number of rotatable bonds is 5. The lowest BCUT2D eigenvalue weighted by Gasteiger charge is -2.18. The van der Waals surface area contributed by atoms with Gasteiger partial charge in [-0.2, -0.15) is 0 Å². The lowest BCUT2D eigenvalue weighted by molar-refractivity contribution is 0.393. The van der Waals surface area contributed by atoms with E-state index in [4.69, 9.17) is 4.74 Å². The summed E-state index contributed by atoms with van der Waals surface area (Å²) in [6, 6.07) is 12.8. The lowest BCUT2D eigenvalue weighted by atomic mass is 10.1. The van der Waals surface area contributed by atoms with Gasteiger partial charge < -0.3 is 10.1 Å². The molecule has 0 saturated heterocycles. The van der Waals surface area contributed by atoms with Crippen LogP contribution in [0.2, 0.25) is 0 Å². The van der Waals surface area contributed by atoms with Gasteiger partial charge in [0.15, 0.2) is 0 Å². The molecule has 0 bridgehead atoms. The largest absolute Gasteiger partial charge is 0.496 e. The molecule has 106 valence electrons. The van der Waals surface area contributed by atoms with Crippen molar-refractivity contribution in [1.82, 2.24) is 5.32 Å². The Kier molecular flexibility index (Phi) is 5.15. The van der Waals surface area contributed by atoms with Crippen LogP contribution in [-0.4, -0.2) is 7.11 Å². The van der Waals surface area contributed by atoms with Crippen molar-refractivity contribution in [2.75, 3.05) is 7.11 Å². The molecule has 0 aliphatic carbocycles. The van der Waals surface area contributed by atoms with Crippen LogP contribution in [0.25, 0.3) is 0 Å². The molecule has 0 heterocycles. The summed E-state index contributed by atoms with van der Waals surface area (Å²) in [6.07, 6.45) is 0. The highest BCUT2D eigenvalue weighted by atomic mass is 79.9. The maximum atomic E-state index is 13.9. The van der Waals surface area contributed by atoms with E-state index < -0.39 is 0 Å². The van der Waals surface area contributed by atoms with Gasteiger partial charge in [-0.05, 0) is 36.8 Å². The molecule has 2 aromatic carbocycles. The number of methoxy groups -OCH3 is 1. The third-order valence-electron chi connectivity index (χ3n) is 3.19. The van der Waals surface area contributed by atoms with Crippen LogP contribution in [0.3, 0.4) is 0 Å². The summed E-state index contributed by atoms with van der Waals surface area (Å²) in [5.74, 6) is 0.320. The number of nitrogens with one attached hydrogen (secondary N) is 1. The average Bonchev–Trinajstić information content (AvgIpc) is 2.46. The van der Waals surface area contributed by atoms with Gasteiger partial charge in [0.25, 0.3) is 0 Å². The molecular weight excluding hydrogens is 321 g/mol. The SMILES string of the molecule is COc1cccc(F)c1C(C)NCc1ccc(Br)cc1. The van der Waals surface area contributed by atoms with Crippen LogP contribution >= 0.6 is 15.9 Å². The Hall–Kier alpha value is -1.39. The molecule has 0 amide bonds. The van der Waals surface area contributed by atoms with E-state index >= 15 is 0 Å². The maximum absolute atomic E-state index is 13.9. The first-order chi connectivity index (χ1) is 9.61. The van der Waals surface area contributed by atoms with Crippen LogP contribution in [0.15, 0.2) is 46.9 Å². The molecule has 1 unspecified atom stereocenters. The van der Waals surface area contributed by atoms with Crippen LogP contribution in [0.1, 0.15) is 24.1 Å². The quantitative estimate of drug-likeness (QED) is 0.870. The van der Waals surface area contributed by atoms with Crippen molar-refractivity contribution in [3.05, 3.63) is 63.9 Å². The molecule has 2 nitrogen and oxygen atoms in total. The van der Waals surface area contributed by atoms with Gasteiger partial charge in [0.2, 0.25) is 0 Å². The third kappa shape index (κ3) is 3.58. The Balaban J connectivity index is 2.08. The minimum absolute atomic E-state index is 0.130. The highest BCUT2D eigenvalue weighted by Crippen LogP contribution is 2.27. The second kappa shape index (κ2) is 6.86. The van der Waals surface area contributed by atoms with Crippen LogP contribution < -0.4 is 10.1 Å². The Labute approximate surface area is 127 Å². The van der Waals surface area contributed by atoms with Crippen molar-refractivity contribution in [2.45, 2.75) is 19.5 Å².